The summed E-state index contributed by atoms with van der Waals surface area (Å²) in [5.74, 6) is 0.125. The smallest absolute Gasteiger partial charge is 0.264 e. The van der Waals surface area contributed by atoms with E-state index in [1.807, 2.05) is 30.3 Å². The summed E-state index contributed by atoms with van der Waals surface area (Å²) in [6.07, 6.45) is 1.71. The van der Waals surface area contributed by atoms with E-state index in [0.717, 1.165) is 11.8 Å². The number of aldehydes is 1. The molecule has 0 amide bonds. The second-order valence-electron chi connectivity index (χ2n) is 4.78. The lowest BCUT2D eigenvalue weighted by Gasteiger charge is -2.03. The first kappa shape index (κ1) is 19.8. The molecule has 0 radical (unpaired) electrons. The van der Waals surface area contributed by atoms with Crippen LogP contribution in [0.4, 0.5) is 0 Å². The lowest BCUT2D eigenvalue weighted by Crippen LogP contribution is -2.09. The Bertz CT molecular complexity index is 713. The van der Waals surface area contributed by atoms with Crippen molar-refractivity contribution in [3.63, 3.8) is 0 Å². The Kier molecular flexibility index (Phi) is 8.70. The fraction of sp³-hybridized carbons (Fsp3) is 0.235. The number of aromatic hydroxyl groups is 1. The molecule has 0 fully saturated rings. The first-order chi connectivity index (χ1) is 11.4. The Labute approximate surface area is 141 Å². The van der Waals surface area contributed by atoms with Gasteiger partial charge in [0.05, 0.1) is 26.1 Å². The first-order valence-electron chi connectivity index (χ1n) is 7.11. The van der Waals surface area contributed by atoms with Crippen molar-refractivity contribution in [1.82, 2.24) is 0 Å². The van der Waals surface area contributed by atoms with Crippen molar-refractivity contribution in [2.75, 3.05) is 19.5 Å². The molecule has 0 unspecified atom stereocenters. The van der Waals surface area contributed by atoms with Crippen molar-refractivity contribution in [1.29, 1.82) is 0 Å². The molecule has 6 nitrogen and oxygen atoms in total. The van der Waals surface area contributed by atoms with Gasteiger partial charge in [0.25, 0.3) is 10.1 Å². The molecule has 0 spiro atoms. The number of phenols is 1. The fourth-order valence-electron chi connectivity index (χ4n) is 1.61. The van der Waals surface area contributed by atoms with Crippen LogP contribution in [0.3, 0.4) is 0 Å². The van der Waals surface area contributed by atoms with Gasteiger partial charge in [0.1, 0.15) is 12.0 Å². The maximum absolute atomic E-state index is 10.6. The van der Waals surface area contributed by atoms with E-state index >= 15 is 0 Å². The van der Waals surface area contributed by atoms with Gasteiger partial charge in [0.2, 0.25) is 0 Å². The minimum absolute atomic E-state index is 0.0612. The summed E-state index contributed by atoms with van der Waals surface area (Å²) in [6.45, 7) is 0.793. The topological polar surface area (TPSA) is 89.9 Å². The van der Waals surface area contributed by atoms with E-state index in [2.05, 4.69) is 4.18 Å². The van der Waals surface area contributed by atoms with E-state index in [1.165, 1.54) is 12.1 Å². The quantitative estimate of drug-likeness (QED) is 0.467. The monoisotopic (exact) mass is 352 g/mol. The van der Waals surface area contributed by atoms with Crippen molar-refractivity contribution in [2.24, 2.45) is 0 Å². The molecular weight excluding hydrogens is 332 g/mol. The van der Waals surface area contributed by atoms with Gasteiger partial charge in [-0.15, -0.1) is 0 Å². The molecule has 0 saturated carbocycles. The Morgan fingerprint density at radius 1 is 1.04 bits per heavy atom. The van der Waals surface area contributed by atoms with Crippen LogP contribution in [-0.4, -0.2) is 39.3 Å². The van der Waals surface area contributed by atoms with Crippen LogP contribution in [0.1, 0.15) is 15.9 Å². The molecule has 7 heteroatoms. The highest BCUT2D eigenvalue weighted by molar-refractivity contribution is 7.85. The summed E-state index contributed by atoms with van der Waals surface area (Å²) >= 11 is 0. The zero-order chi connectivity index (χ0) is 17.8. The number of carbonyl (C=O) groups excluding carboxylic acids is 1. The molecule has 0 saturated heterocycles. The fourth-order valence-corrected chi connectivity index (χ4v) is 1.98. The SMILES string of the molecule is CS(=O)(=O)OCCOCc1ccccc1.O=Cc1cccc(O)c1. The minimum Gasteiger partial charge on any atom is -0.508 e. The predicted octanol–water partition coefficient (Wildman–Crippen LogP) is 2.38. The zero-order valence-corrected chi connectivity index (χ0v) is 14.1. The molecule has 1 N–H and O–H groups in total. The van der Waals surface area contributed by atoms with Crippen LogP contribution in [-0.2, 0) is 25.6 Å². The second-order valence-corrected chi connectivity index (χ2v) is 6.42. The molecule has 0 atom stereocenters. The van der Waals surface area contributed by atoms with Gasteiger partial charge in [0.15, 0.2) is 0 Å². The minimum atomic E-state index is -3.35. The highest BCUT2D eigenvalue weighted by atomic mass is 32.2. The summed E-state index contributed by atoms with van der Waals surface area (Å²) in [5.41, 5.74) is 1.55. The average Bonchev–Trinajstić information content (AvgIpc) is 2.55. The standard InChI is InChI=1S/C10H14O4S.C7H6O2/c1-15(11,12)14-8-7-13-9-10-5-3-2-4-6-10;8-5-6-2-1-3-7(9)4-6/h2-6H,7-9H2,1H3;1-5,9H. The van der Waals surface area contributed by atoms with E-state index < -0.39 is 10.1 Å². The lowest BCUT2D eigenvalue weighted by atomic mass is 10.2. The van der Waals surface area contributed by atoms with Gasteiger partial charge in [-0.1, -0.05) is 42.5 Å². The highest BCUT2D eigenvalue weighted by Gasteiger charge is 2.00. The maximum atomic E-state index is 10.6. The van der Waals surface area contributed by atoms with Crippen molar-refractivity contribution < 1.29 is 27.2 Å². The number of benzene rings is 2. The third-order valence-corrected chi connectivity index (χ3v) is 3.24. The molecule has 24 heavy (non-hydrogen) atoms. The summed E-state index contributed by atoms with van der Waals surface area (Å²) in [7, 11) is -3.35. The van der Waals surface area contributed by atoms with Gasteiger partial charge in [-0.2, -0.15) is 8.42 Å². The molecule has 2 aromatic carbocycles. The van der Waals surface area contributed by atoms with Crippen molar-refractivity contribution >= 4 is 16.4 Å². The molecule has 0 aromatic heterocycles. The van der Waals surface area contributed by atoms with Gasteiger partial charge in [-0.3, -0.25) is 8.98 Å². The Morgan fingerprint density at radius 2 is 1.75 bits per heavy atom. The normalized spacial score (nSPS) is 10.5. The van der Waals surface area contributed by atoms with Gasteiger partial charge >= 0.3 is 0 Å². The number of phenolic OH excluding ortho intramolecular Hbond substituents is 1. The summed E-state index contributed by atoms with van der Waals surface area (Å²) in [5, 5.41) is 8.79. The van der Waals surface area contributed by atoms with Gasteiger partial charge < -0.3 is 9.84 Å². The first-order valence-corrected chi connectivity index (χ1v) is 8.92. The van der Waals surface area contributed by atoms with E-state index in [-0.39, 0.29) is 19.0 Å². The molecule has 0 heterocycles. The molecular formula is C17H20O6S. The number of rotatable bonds is 7. The van der Waals surface area contributed by atoms with Crippen molar-refractivity contribution in [3.05, 3.63) is 65.7 Å². The Balaban J connectivity index is 0.000000272. The number of ether oxygens (including phenoxy) is 1. The highest BCUT2D eigenvalue weighted by Crippen LogP contribution is 2.08. The van der Waals surface area contributed by atoms with Crippen LogP contribution in [0, 0.1) is 0 Å². The molecule has 0 aliphatic carbocycles. The summed E-state index contributed by atoms with van der Waals surface area (Å²) in [4.78, 5) is 10.0. The molecule has 0 aliphatic rings. The third-order valence-electron chi connectivity index (χ3n) is 2.64. The van der Waals surface area contributed by atoms with Crippen LogP contribution >= 0.6 is 0 Å². The molecule has 130 valence electrons. The van der Waals surface area contributed by atoms with Crippen molar-refractivity contribution in [3.8, 4) is 5.75 Å². The second kappa shape index (κ2) is 10.5. The van der Waals surface area contributed by atoms with Crippen LogP contribution in [0.2, 0.25) is 0 Å². The Morgan fingerprint density at radius 3 is 2.29 bits per heavy atom. The van der Waals surface area contributed by atoms with E-state index in [0.29, 0.717) is 18.5 Å². The van der Waals surface area contributed by atoms with Crippen molar-refractivity contribution in [2.45, 2.75) is 6.61 Å². The molecule has 0 bridgehead atoms. The third kappa shape index (κ3) is 9.73. The maximum Gasteiger partial charge on any atom is 0.264 e. The van der Waals surface area contributed by atoms with E-state index in [9.17, 15) is 13.2 Å². The zero-order valence-electron chi connectivity index (χ0n) is 13.3. The summed E-state index contributed by atoms with van der Waals surface area (Å²) < 4.78 is 30.9. The Hall–Kier alpha value is -2.22. The van der Waals surface area contributed by atoms with Gasteiger partial charge in [0, 0.05) is 5.56 Å². The molecule has 0 aliphatic heterocycles. The number of hydrogen-bond donors (Lipinski definition) is 1. The van der Waals surface area contributed by atoms with Crippen LogP contribution in [0.15, 0.2) is 54.6 Å². The summed E-state index contributed by atoms with van der Waals surface area (Å²) in [6, 6.07) is 15.8. The molecule has 2 rings (SSSR count). The van der Waals surface area contributed by atoms with Gasteiger partial charge in [-0.25, -0.2) is 0 Å². The lowest BCUT2D eigenvalue weighted by molar-refractivity contribution is 0.0911. The van der Waals surface area contributed by atoms with Crippen LogP contribution in [0.25, 0.3) is 0 Å². The van der Waals surface area contributed by atoms with E-state index in [4.69, 9.17) is 9.84 Å². The van der Waals surface area contributed by atoms with Crippen LogP contribution in [0.5, 0.6) is 5.75 Å². The van der Waals surface area contributed by atoms with Crippen LogP contribution < -0.4 is 0 Å². The van der Waals surface area contributed by atoms with Gasteiger partial charge in [-0.05, 0) is 17.7 Å². The number of hydrogen-bond acceptors (Lipinski definition) is 6. The number of carbonyl (C=O) groups is 1. The van der Waals surface area contributed by atoms with E-state index in [1.54, 1.807) is 12.1 Å². The predicted molar refractivity (Wildman–Crippen MR) is 90.4 cm³/mol. The molecule has 2 aromatic rings. The average molecular weight is 352 g/mol. The largest absolute Gasteiger partial charge is 0.508 e.